The van der Waals surface area contributed by atoms with Crippen molar-refractivity contribution in [3.8, 4) is 0 Å². The van der Waals surface area contributed by atoms with E-state index in [2.05, 4.69) is 10.6 Å². The molecule has 0 heterocycles. The van der Waals surface area contributed by atoms with Gasteiger partial charge in [-0.15, -0.1) is 0 Å². The van der Waals surface area contributed by atoms with Gasteiger partial charge in [0.2, 0.25) is 5.91 Å². The first kappa shape index (κ1) is 18.4. The van der Waals surface area contributed by atoms with Gasteiger partial charge in [-0.2, -0.15) is 0 Å². The number of carbonyl (C=O) groups is 1. The number of hydrogen-bond donors (Lipinski definition) is 2. The Balaban J connectivity index is 4.27. The lowest BCUT2D eigenvalue weighted by Gasteiger charge is -2.24. The number of nitrogens with one attached hydrogen (secondary N) is 2. The minimum absolute atomic E-state index is 0.0314. The van der Waals surface area contributed by atoms with Crippen LogP contribution in [0, 0.1) is 0 Å². The Bertz CT molecular complexity index is 403. The first-order valence-electron chi connectivity index (χ1n) is 6.54. The lowest BCUT2D eigenvalue weighted by Crippen LogP contribution is -2.50. The maximum absolute atomic E-state index is 11.9. The molecule has 2 N–H and O–H groups in total. The normalized spacial score (nSPS) is 15.1. The van der Waals surface area contributed by atoms with Gasteiger partial charge in [-0.25, -0.2) is 8.42 Å². The Morgan fingerprint density at radius 3 is 1.95 bits per heavy atom. The molecule has 0 saturated heterocycles. The van der Waals surface area contributed by atoms with E-state index in [4.69, 9.17) is 0 Å². The maximum Gasteiger partial charge on any atom is 0.237 e. The Kier molecular flexibility index (Phi) is 6.02. The summed E-state index contributed by atoms with van der Waals surface area (Å²) in [4.78, 5) is 11.8. The van der Waals surface area contributed by atoms with Crippen LogP contribution in [0.25, 0.3) is 0 Å². The first-order chi connectivity index (χ1) is 8.26. The van der Waals surface area contributed by atoms with Gasteiger partial charge in [-0.1, -0.05) is 0 Å². The Morgan fingerprint density at radius 1 is 1.11 bits per heavy atom. The number of rotatable bonds is 5. The highest BCUT2D eigenvalue weighted by atomic mass is 32.2. The molecule has 0 bridgehead atoms. The van der Waals surface area contributed by atoms with Crippen LogP contribution >= 0.6 is 0 Å². The molecule has 0 spiro atoms. The zero-order valence-corrected chi connectivity index (χ0v) is 13.9. The van der Waals surface area contributed by atoms with Crippen molar-refractivity contribution < 1.29 is 13.2 Å². The third-order valence-corrected chi connectivity index (χ3v) is 5.25. The lowest BCUT2D eigenvalue weighted by molar-refractivity contribution is -0.124. The maximum atomic E-state index is 11.9. The molecule has 0 rings (SSSR count). The van der Waals surface area contributed by atoms with E-state index in [0.29, 0.717) is 0 Å². The lowest BCUT2D eigenvalue weighted by atomic mass is 10.1. The highest BCUT2D eigenvalue weighted by molar-refractivity contribution is 7.92. The van der Waals surface area contributed by atoms with Crippen molar-refractivity contribution in [1.29, 1.82) is 0 Å². The second-order valence-corrected chi connectivity index (χ2v) is 9.71. The molecule has 0 aliphatic rings. The fourth-order valence-electron chi connectivity index (χ4n) is 1.29. The Hall–Kier alpha value is -0.620. The SMILES string of the molecule is CC(NCCS(=O)(=O)C(C)(C)C)C(=O)NC(C)(C)C. The predicted octanol–water partition coefficient (Wildman–Crippen LogP) is 1.09. The van der Waals surface area contributed by atoms with Crippen molar-refractivity contribution in [2.24, 2.45) is 0 Å². The monoisotopic (exact) mass is 292 g/mol. The molecule has 0 fully saturated rings. The van der Waals surface area contributed by atoms with Crippen LogP contribution in [0.1, 0.15) is 48.5 Å². The van der Waals surface area contributed by atoms with Crippen LogP contribution in [0.2, 0.25) is 0 Å². The summed E-state index contributed by atoms with van der Waals surface area (Å²) in [6.07, 6.45) is 0. The zero-order valence-electron chi connectivity index (χ0n) is 13.1. The first-order valence-corrected chi connectivity index (χ1v) is 8.19. The molecule has 0 saturated carbocycles. The van der Waals surface area contributed by atoms with Crippen molar-refractivity contribution in [3.63, 3.8) is 0 Å². The van der Waals surface area contributed by atoms with E-state index in [1.807, 2.05) is 20.8 Å². The number of carbonyl (C=O) groups excluding carboxylic acids is 1. The molecule has 0 aromatic carbocycles. The average Bonchev–Trinajstić information content (AvgIpc) is 2.12. The largest absolute Gasteiger partial charge is 0.350 e. The van der Waals surface area contributed by atoms with Gasteiger partial charge in [-0.3, -0.25) is 4.79 Å². The summed E-state index contributed by atoms with van der Waals surface area (Å²) < 4.78 is 23.0. The van der Waals surface area contributed by atoms with Crippen LogP contribution in [0.3, 0.4) is 0 Å². The summed E-state index contributed by atoms with van der Waals surface area (Å²) in [7, 11) is -3.15. The highest BCUT2D eigenvalue weighted by Gasteiger charge is 2.28. The van der Waals surface area contributed by atoms with E-state index in [1.54, 1.807) is 27.7 Å². The van der Waals surface area contributed by atoms with E-state index >= 15 is 0 Å². The van der Waals surface area contributed by atoms with E-state index in [1.165, 1.54) is 0 Å². The molecule has 1 unspecified atom stereocenters. The molecule has 0 radical (unpaired) electrons. The average molecular weight is 292 g/mol. The van der Waals surface area contributed by atoms with Gasteiger partial charge >= 0.3 is 0 Å². The molecule has 1 atom stereocenters. The van der Waals surface area contributed by atoms with Crippen LogP contribution in [-0.4, -0.2) is 43.0 Å². The molecule has 114 valence electrons. The highest BCUT2D eigenvalue weighted by Crippen LogP contribution is 2.15. The van der Waals surface area contributed by atoms with Gasteiger partial charge in [0.1, 0.15) is 0 Å². The van der Waals surface area contributed by atoms with Crippen LogP contribution in [0.4, 0.5) is 0 Å². The standard InChI is InChI=1S/C13H28N2O3S/c1-10(11(16)15-12(2,3)4)14-8-9-19(17,18)13(5,6)7/h10,14H,8-9H2,1-7H3,(H,15,16). The van der Waals surface area contributed by atoms with Crippen LogP contribution in [0.5, 0.6) is 0 Å². The number of hydrogen-bond acceptors (Lipinski definition) is 4. The Labute approximate surface area is 117 Å². The summed E-state index contributed by atoms with van der Waals surface area (Å²) in [5, 5.41) is 5.79. The van der Waals surface area contributed by atoms with E-state index in [0.717, 1.165) is 0 Å². The zero-order chi connectivity index (χ0) is 15.5. The molecule has 1 amide bonds. The molecule has 0 aromatic heterocycles. The van der Waals surface area contributed by atoms with Crippen molar-refractivity contribution >= 4 is 15.7 Å². The van der Waals surface area contributed by atoms with Gasteiger partial charge < -0.3 is 10.6 Å². The van der Waals surface area contributed by atoms with Crippen LogP contribution < -0.4 is 10.6 Å². The smallest absolute Gasteiger partial charge is 0.237 e. The second-order valence-electron chi connectivity index (χ2n) is 6.85. The van der Waals surface area contributed by atoms with Crippen molar-refractivity contribution in [2.45, 2.75) is 64.8 Å². The van der Waals surface area contributed by atoms with E-state index in [-0.39, 0.29) is 23.7 Å². The summed E-state index contributed by atoms with van der Waals surface area (Å²) in [6, 6.07) is -0.408. The van der Waals surface area contributed by atoms with Gasteiger partial charge in [0, 0.05) is 12.1 Å². The fraction of sp³-hybridized carbons (Fsp3) is 0.923. The summed E-state index contributed by atoms with van der Waals surface area (Å²) in [6.45, 7) is 12.8. The molecular formula is C13H28N2O3S. The van der Waals surface area contributed by atoms with Crippen LogP contribution in [-0.2, 0) is 14.6 Å². The Morgan fingerprint density at radius 2 is 1.58 bits per heavy atom. The van der Waals surface area contributed by atoms with Crippen molar-refractivity contribution in [2.75, 3.05) is 12.3 Å². The topological polar surface area (TPSA) is 75.3 Å². The van der Waals surface area contributed by atoms with Gasteiger partial charge in [0.25, 0.3) is 0 Å². The van der Waals surface area contributed by atoms with Gasteiger partial charge in [0.15, 0.2) is 9.84 Å². The van der Waals surface area contributed by atoms with Crippen LogP contribution in [0.15, 0.2) is 0 Å². The third kappa shape index (κ3) is 6.92. The fourth-order valence-corrected chi connectivity index (χ4v) is 2.29. The minimum atomic E-state index is -3.15. The van der Waals surface area contributed by atoms with Gasteiger partial charge in [-0.05, 0) is 48.5 Å². The number of amides is 1. The summed E-state index contributed by atoms with van der Waals surface area (Å²) in [5.41, 5.74) is -0.287. The minimum Gasteiger partial charge on any atom is -0.350 e. The molecule has 0 aliphatic heterocycles. The quantitative estimate of drug-likeness (QED) is 0.795. The summed E-state index contributed by atoms with van der Waals surface area (Å²) >= 11 is 0. The molecule has 5 nitrogen and oxygen atoms in total. The second kappa shape index (κ2) is 6.22. The third-order valence-electron chi connectivity index (χ3n) is 2.65. The van der Waals surface area contributed by atoms with E-state index < -0.39 is 20.6 Å². The van der Waals surface area contributed by atoms with E-state index in [9.17, 15) is 13.2 Å². The van der Waals surface area contributed by atoms with Gasteiger partial charge in [0.05, 0.1) is 16.5 Å². The molecular weight excluding hydrogens is 264 g/mol. The molecule has 6 heteroatoms. The number of sulfone groups is 1. The molecule has 0 aliphatic carbocycles. The van der Waals surface area contributed by atoms with Crippen molar-refractivity contribution in [1.82, 2.24) is 10.6 Å². The summed E-state index contributed by atoms with van der Waals surface area (Å²) in [5.74, 6) is -0.0930. The molecule has 19 heavy (non-hydrogen) atoms. The molecule has 0 aromatic rings. The predicted molar refractivity (Wildman–Crippen MR) is 78.9 cm³/mol. The van der Waals surface area contributed by atoms with Crippen molar-refractivity contribution in [3.05, 3.63) is 0 Å².